The van der Waals surface area contributed by atoms with Crippen molar-refractivity contribution >= 4 is 53.3 Å². The molecule has 0 unspecified atom stereocenters. The molecule has 2 aliphatic heterocycles. The molecule has 180 valence electrons. The van der Waals surface area contributed by atoms with E-state index in [1.165, 1.54) is 0 Å². The SMILES string of the molecule is COc1cnc(N2CCN(C(=O)[C@H]3CCCN3)CC2)nc1N[C@H](C)c1ccc(Cl)cc1Cl.Cl. The van der Waals surface area contributed by atoms with E-state index in [1.807, 2.05) is 24.0 Å². The van der Waals surface area contributed by atoms with Crippen molar-refractivity contribution in [3.63, 3.8) is 0 Å². The van der Waals surface area contributed by atoms with Gasteiger partial charge in [-0.25, -0.2) is 4.98 Å². The molecule has 0 saturated carbocycles. The van der Waals surface area contributed by atoms with Crippen LogP contribution in [0.25, 0.3) is 0 Å². The van der Waals surface area contributed by atoms with E-state index >= 15 is 0 Å². The molecule has 3 heterocycles. The average Bonchev–Trinajstić information content (AvgIpc) is 3.33. The van der Waals surface area contributed by atoms with Crippen LogP contribution in [0.1, 0.15) is 31.4 Å². The van der Waals surface area contributed by atoms with Gasteiger partial charge in [-0.1, -0.05) is 29.3 Å². The lowest BCUT2D eigenvalue weighted by Crippen LogP contribution is -2.53. The second-order valence-electron chi connectivity index (χ2n) is 8.08. The predicted octanol–water partition coefficient (Wildman–Crippen LogP) is 3.79. The molecule has 4 rings (SSSR count). The second kappa shape index (κ2) is 11.4. The Kier molecular flexibility index (Phi) is 8.87. The van der Waals surface area contributed by atoms with E-state index in [1.54, 1.807) is 19.4 Å². The van der Waals surface area contributed by atoms with Crippen molar-refractivity contribution in [2.24, 2.45) is 0 Å². The summed E-state index contributed by atoms with van der Waals surface area (Å²) in [7, 11) is 1.59. The first kappa shape index (κ1) is 25.6. The Morgan fingerprint density at radius 2 is 2.03 bits per heavy atom. The standard InChI is InChI=1S/C22H28Cl2N6O2.ClH/c1-14(16-6-5-15(23)12-17(16)24)27-20-19(32-2)13-26-22(28-20)30-10-8-29(9-11-30)21(31)18-4-3-7-25-18;/h5-6,12-14,18,25H,3-4,7-11H2,1-2H3,(H,26,27,28);1H/t14-,18-;/m1./s1. The summed E-state index contributed by atoms with van der Waals surface area (Å²) in [4.78, 5) is 25.9. The van der Waals surface area contributed by atoms with Crippen molar-refractivity contribution in [3.8, 4) is 5.75 Å². The van der Waals surface area contributed by atoms with Crippen molar-refractivity contribution in [2.45, 2.75) is 31.8 Å². The number of benzene rings is 1. The fourth-order valence-electron chi connectivity index (χ4n) is 4.14. The van der Waals surface area contributed by atoms with Crippen LogP contribution in [0.15, 0.2) is 24.4 Å². The number of nitrogens with one attached hydrogen (secondary N) is 2. The highest BCUT2D eigenvalue weighted by atomic mass is 35.5. The van der Waals surface area contributed by atoms with E-state index in [0.29, 0.717) is 53.7 Å². The van der Waals surface area contributed by atoms with E-state index in [0.717, 1.165) is 24.9 Å². The summed E-state index contributed by atoms with van der Waals surface area (Å²) in [6, 6.07) is 5.28. The zero-order valence-electron chi connectivity index (χ0n) is 18.7. The van der Waals surface area contributed by atoms with E-state index < -0.39 is 0 Å². The first-order chi connectivity index (χ1) is 15.5. The van der Waals surface area contributed by atoms with E-state index in [-0.39, 0.29) is 30.4 Å². The maximum absolute atomic E-state index is 12.7. The summed E-state index contributed by atoms with van der Waals surface area (Å²) in [5, 5.41) is 7.84. The van der Waals surface area contributed by atoms with Crippen molar-refractivity contribution in [1.82, 2.24) is 20.2 Å². The number of aromatic nitrogens is 2. The number of ether oxygens (including phenoxy) is 1. The van der Waals surface area contributed by atoms with Gasteiger partial charge in [0.1, 0.15) is 0 Å². The van der Waals surface area contributed by atoms with Gasteiger partial charge in [0.2, 0.25) is 11.9 Å². The number of anilines is 2. The molecule has 2 aromatic rings. The molecule has 2 saturated heterocycles. The van der Waals surface area contributed by atoms with Crippen molar-refractivity contribution in [1.29, 1.82) is 0 Å². The van der Waals surface area contributed by atoms with Gasteiger partial charge in [0.25, 0.3) is 0 Å². The number of halogens is 3. The quantitative estimate of drug-likeness (QED) is 0.606. The minimum Gasteiger partial charge on any atom is -0.491 e. The van der Waals surface area contributed by atoms with Gasteiger partial charge in [0.05, 0.1) is 25.4 Å². The van der Waals surface area contributed by atoms with Crippen molar-refractivity contribution in [2.75, 3.05) is 50.1 Å². The van der Waals surface area contributed by atoms with E-state index in [9.17, 15) is 4.79 Å². The number of nitrogens with zero attached hydrogens (tertiary/aromatic N) is 4. The Morgan fingerprint density at radius 1 is 1.27 bits per heavy atom. The number of hydrogen-bond donors (Lipinski definition) is 2. The van der Waals surface area contributed by atoms with Gasteiger partial charge in [-0.15, -0.1) is 12.4 Å². The van der Waals surface area contributed by atoms with Crippen LogP contribution in [0.5, 0.6) is 5.75 Å². The van der Waals surface area contributed by atoms with Crippen molar-refractivity contribution < 1.29 is 9.53 Å². The predicted molar refractivity (Wildman–Crippen MR) is 134 cm³/mol. The summed E-state index contributed by atoms with van der Waals surface area (Å²) in [5.74, 6) is 1.94. The number of carbonyl (C=O) groups excluding carboxylic acids is 1. The van der Waals surface area contributed by atoms with Crippen LogP contribution in [-0.2, 0) is 4.79 Å². The minimum atomic E-state index is -0.121. The van der Waals surface area contributed by atoms with Crippen molar-refractivity contribution in [3.05, 3.63) is 40.0 Å². The molecule has 1 amide bonds. The summed E-state index contributed by atoms with van der Waals surface area (Å²) in [5.41, 5.74) is 0.908. The normalized spacial score (nSPS) is 19.1. The van der Waals surface area contributed by atoms with Gasteiger partial charge in [0, 0.05) is 36.2 Å². The van der Waals surface area contributed by atoms with Crippen LogP contribution in [0.4, 0.5) is 11.8 Å². The van der Waals surface area contributed by atoms with Crippen LogP contribution in [0.2, 0.25) is 10.0 Å². The molecule has 0 radical (unpaired) electrons. The summed E-state index contributed by atoms with van der Waals surface area (Å²) >= 11 is 12.4. The lowest BCUT2D eigenvalue weighted by Gasteiger charge is -2.36. The lowest BCUT2D eigenvalue weighted by molar-refractivity contribution is -0.133. The smallest absolute Gasteiger partial charge is 0.239 e. The largest absolute Gasteiger partial charge is 0.491 e. The Hall–Kier alpha value is -2.00. The van der Waals surface area contributed by atoms with Crippen LogP contribution < -0.4 is 20.3 Å². The molecule has 0 aliphatic carbocycles. The molecule has 8 nitrogen and oxygen atoms in total. The fraction of sp³-hybridized carbons (Fsp3) is 0.500. The van der Waals surface area contributed by atoms with Crippen LogP contribution >= 0.6 is 35.6 Å². The molecule has 0 spiro atoms. The maximum Gasteiger partial charge on any atom is 0.239 e. The monoisotopic (exact) mass is 514 g/mol. The molecule has 0 bridgehead atoms. The van der Waals surface area contributed by atoms with Crippen LogP contribution in [-0.4, -0.2) is 66.7 Å². The number of amides is 1. The van der Waals surface area contributed by atoms with Crippen LogP contribution in [0.3, 0.4) is 0 Å². The minimum absolute atomic E-state index is 0. The van der Waals surface area contributed by atoms with Gasteiger partial charge in [-0.3, -0.25) is 4.79 Å². The molecule has 33 heavy (non-hydrogen) atoms. The lowest BCUT2D eigenvalue weighted by atomic mass is 10.1. The third-order valence-electron chi connectivity index (χ3n) is 5.98. The first-order valence-electron chi connectivity index (χ1n) is 10.9. The molecular weight excluding hydrogens is 487 g/mol. The Balaban J connectivity index is 0.00000306. The highest BCUT2D eigenvalue weighted by molar-refractivity contribution is 6.35. The topological polar surface area (TPSA) is 82.6 Å². The summed E-state index contributed by atoms with van der Waals surface area (Å²) in [6.07, 6.45) is 3.65. The second-order valence-corrected chi connectivity index (χ2v) is 8.92. The van der Waals surface area contributed by atoms with Gasteiger partial charge in [-0.2, -0.15) is 4.98 Å². The third kappa shape index (κ3) is 5.93. The number of rotatable bonds is 6. The van der Waals surface area contributed by atoms with Gasteiger partial charge < -0.3 is 25.2 Å². The maximum atomic E-state index is 12.7. The molecular formula is C22H29Cl3N6O2. The zero-order valence-corrected chi connectivity index (χ0v) is 21.0. The Labute approximate surface area is 210 Å². The van der Waals surface area contributed by atoms with Gasteiger partial charge in [-0.05, 0) is 44.0 Å². The molecule has 2 N–H and O–H groups in total. The third-order valence-corrected chi connectivity index (χ3v) is 6.54. The highest BCUT2D eigenvalue weighted by Crippen LogP contribution is 2.31. The van der Waals surface area contributed by atoms with E-state index in [4.69, 9.17) is 32.9 Å². The number of piperazine rings is 1. The van der Waals surface area contributed by atoms with Gasteiger partial charge in [0.15, 0.2) is 11.6 Å². The molecule has 1 aromatic carbocycles. The fourth-order valence-corrected chi connectivity index (χ4v) is 4.72. The number of methoxy groups -OCH3 is 1. The van der Waals surface area contributed by atoms with Crippen LogP contribution in [0, 0.1) is 0 Å². The van der Waals surface area contributed by atoms with Gasteiger partial charge >= 0.3 is 0 Å². The average molecular weight is 516 g/mol. The Bertz CT molecular complexity index is 965. The molecule has 2 atom stereocenters. The molecule has 2 fully saturated rings. The molecule has 1 aromatic heterocycles. The van der Waals surface area contributed by atoms with E-state index in [2.05, 4.69) is 20.5 Å². The highest BCUT2D eigenvalue weighted by Gasteiger charge is 2.30. The number of hydrogen-bond acceptors (Lipinski definition) is 7. The number of carbonyl (C=O) groups is 1. The first-order valence-corrected chi connectivity index (χ1v) is 11.6. The summed E-state index contributed by atoms with van der Waals surface area (Å²) in [6.45, 7) is 5.60. The Morgan fingerprint density at radius 3 is 2.67 bits per heavy atom. The molecule has 11 heteroatoms. The zero-order chi connectivity index (χ0) is 22.7. The molecule has 2 aliphatic rings. The summed E-state index contributed by atoms with van der Waals surface area (Å²) < 4.78 is 5.46.